The molecule has 0 bridgehead atoms. The molecule has 0 saturated carbocycles. The molecule has 0 aromatic heterocycles. The zero-order valence-corrected chi connectivity index (χ0v) is 7.39. The lowest BCUT2D eigenvalue weighted by Gasteiger charge is -2.05. The van der Waals surface area contributed by atoms with Gasteiger partial charge in [-0.1, -0.05) is 0 Å². The highest BCUT2D eigenvalue weighted by Gasteiger charge is 1.96. The number of nitrogens with zero attached hydrogens (tertiary/aromatic N) is 3. The van der Waals surface area contributed by atoms with Gasteiger partial charge < -0.3 is 19.5 Å². The number of methoxy groups -OCH3 is 1. The van der Waals surface area contributed by atoms with Gasteiger partial charge in [0.25, 0.3) is 0 Å². The largest absolute Gasteiger partial charge is 0.569 e. The Bertz CT molecular complexity index is 139. The summed E-state index contributed by atoms with van der Waals surface area (Å²) in [6, 6.07) is 0. The summed E-state index contributed by atoms with van der Waals surface area (Å²) < 4.78 is 9.24. The average Bonchev–Trinajstić information content (AvgIpc) is 2.03. The third kappa shape index (κ3) is 5.69. The minimum absolute atomic E-state index is 0.107. The van der Waals surface area contributed by atoms with Crippen molar-refractivity contribution in [3.8, 4) is 0 Å². The predicted octanol–water partition coefficient (Wildman–Crippen LogP) is -0.0649. The van der Waals surface area contributed by atoms with Crippen LogP contribution in [0.2, 0.25) is 0 Å². The third-order valence-corrected chi connectivity index (χ3v) is 0.807. The van der Waals surface area contributed by atoms with E-state index in [1.165, 1.54) is 26.2 Å². The first kappa shape index (κ1) is 10.9. The molecule has 0 atom stereocenters. The quantitative estimate of drug-likeness (QED) is 0.188. The molecule has 0 amide bonds. The second-order valence-corrected chi connectivity index (χ2v) is 2.04. The molecular formula is C5H13N3O4. The van der Waals surface area contributed by atoms with Crippen molar-refractivity contribution in [3.05, 3.63) is 5.21 Å². The van der Waals surface area contributed by atoms with Crippen molar-refractivity contribution in [2.45, 2.75) is 0 Å². The first-order valence-corrected chi connectivity index (χ1v) is 3.22. The smallest absolute Gasteiger partial charge is 0.235 e. The molecule has 0 aliphatic heterocycles. The highest BCUT2D eigenvalue weighted by Crippen LogP contribution is 1.83. The second kappa shape index (κ2) is 6.62. The van der Waals surface area contributed by atoms with Gasteiger partial charge in [0.2, 0.25) is 12.1 Å². The summed E-state index contributed by atoms with van der Waals surface area (Å²) in [4.78, 5) is 4.74. The molecule has 12 heavy (non-hydrogen) atoms. The highest BCUT2D eigenvalue weighted by atomic mass is 16.8. The SMILES string of the molecule is COCOCON=[N+]([O-])N(C)C. The Morgan fingerprint density at radius 2 is 2.08 bits per heavy atom. The van der Waals surface area contributed by atoms with E-state index in [0.29, 0.717) is 0 Å². The van der Waals surface area contributed by atoms with Gasteiger partial charge in [-0.25, -0.2) is 0 Å². The molecular weight excluding hydrogens is 166 g/mol. The second-order valence-electron chi connectivity index (χ2n) is 2.04. The normalized spacial score (nSPS) is 11.4. The Labute approximate surface area is 70.6 Å². The Hall–Kier alpha value is -1.08. The van der Waals surface area contributed by atoms with E-state index in [9.17, 15) is 5.21 Å². The van der Waals surface area contributed by atoms with Crippen LogP contribution >= 0.6 is 0 Å². The van der Waals surface area contributed by atoms with Crippen molar-refractivity contribution < 1.29 is 19.3 Å². The average molecular weight is 179 g/mol. The van der Waals surface area contributed by atoms with Gasteiger partial charge in [0.15, 0.2) is 0 Å². The molecule has 0 heterocycles. The fourth-order valence-electron chi connectivity index (χ4n) is 0.301. The molecule has 7 heteroatoms. The van der Waals surface area contributed by atoms with E-state index in [1.54, 1.807) is 0 Å². The van der Waals surface area contributed by atoms with Gasteiger partial charge in [-0.05, 0) is 0 Å². The number of hydrogen-bond acceptors (Lipinski definition) is 5. The van der Waals surface area contributed by atoms with Gasteiger partial charge >= 0.3 is 0 Å². The zero-order valence-electron chi connectivity index (χ0n) is 7.39. The van der Waals surface area contributed by atoms with Crippen LogP contribution < -0.4 is 0 Å². The fourth-order valence-corrected chi connectivity index (χ4v) is 0.301. The topological polar surface area (TPSA) is 69.4 Å². The van der Waals surface area contributed by atoms with Crippen LogP contribution in [0.1, 0.15) is 0 Å². The first-order valence-electron chi connectivity index (χ1n) is 3.22. The molecule has 0 rings (SSSR count). The molecule has 0 unspecified atom stereocenters. The maximum Gasteiger partial charge on any atom is 0.235 e. The van der Waals surface area contributed by atoms with Crippen LogP contribution in [0.4, 0.5) is 0 Å². The molecule has 0 spiro atoms. The molecule has 7 nitrogen and oxygen atoms in total. The lowest BCUT2D eigenvalue weighted by molar-refractivity contribution is -0.700. The van der Waals surface area contributed by atoms with E-state index in [0.717, 1.165) is 0 Å². The van der Waals surface area contributed by atoms with Gasteiger partial charge in [-0.2, -0.15) is 5.01 Å². The Morgan fingerprint density at radius 3 is 2.58 bits per heavy atom. The maximum atomic E-state index is 10.6. The monoisotopic (exact) mass is 179 g/mol. The van der Waals surface area contributed by atoms with Crippen LogP contribution in [-0.2, 0) is 14.3 Å². The van der Waals surface area contributed by atoms with Crippen molar-refractivity contribution in [2.24, 2.45) is 5.28 Å². The van der Waals surface area contributed by atoms with Crippen LogP contribution in [0.5, 0.6) is 0 Å². The molecule has 0 saturated heterocycles. The third-order valence-electron chi connectivity index (χ3n) is 0.807. The lowest BCUT2D eigenvalue weighted by atomic mass is 11.2. The van der Waals surface area contributed by atoms with Crippen LogP contribution in [0.3, 0.4) is 0 Å². The number of hydrogen-bond donors (Lipinski definition) is 0. The van der Waals surface area contributed by atoms with Crippen LogP contribution in [-0.4, -0.2) is 44.8 Å². The zero-order chi connectivity index (χ0) is 9.40. The summed E-state index contributed by atoms with van der Waals surface area (Å²) in [5, 5.41) is 15.0. The van der Waals surface area contributed by atoms with Crippen molar-refractivity contribution in [1.82, 2.24) is 5.01 Å². The van der Waals surface area contributed by atoms with E-state index in [4.69, 9.17) is 4.74 Å². The molecule has 0 fully saturated rings. The summed E-state index contributed by atoms with van der Waals surface area (Å²) in [5.74, 6) is 0. The first-order chi connectivity index (χ1) is 5.68. The molecule has 0 N–H and O–H groups in total. The van der Waals surface area contributed by atoms with Crippen LogP contribution in [0.25, 0.3) is 0 Å². The predicted molar refractivity (Wildman–Crippen MR) is 38.7 cm³/mol. The molecule has 0 aromatic carbocycles. The fraction of sp³-hybridized carbons (Fsp3) is 1.00. The van der Waals surface area contributed by atoms with Gasteiger partial charge in [-0.3, -0.25) is 0 Å². The number of hydrazine groups is 1. The van der Waals surface area contributed by atoms with E-state index in [2.05, 4.69) is 14.9 Å². The van der Waals surface area contributed by atoms with E-state index in [1.807, 2.05) is 0 Å². The van der Waals surface area contributed by atoms with Gasteiger partial charge in [0.1, 0.15) is 6.79 Å². The van der Waals surface area contributed by atoms with Gasteiger partial charge in [0, 0.05) is 7.11 Å². The minimum atomic E-state index is -0.111. The van der Waals surface area contributed by atoms with Crippen molar-refractivity contribution in [3.63, 3.8) is 0 Å². The molecule has 0 aromatic rings. The number of ether oxygens (including phenoxy) is 2. The Balaban J connectivity index is 3.34. The van der Waals surface area contributed by atoms with Crippen LogP contribution in [0.15, 0.2) is 5.28 Å². The van der Waals surface area contributed by atoms with Crippen molar-refractivity contribution in [1.29, 1.82) is 0 Å². The van der Waals surface area contributed by atoms with Crippen molar-refractivity contribution in [2.75, 3.05) is 34.8 Å². The van der Waals surface area contributed by atoms with Crippen LogP contribution in [0, 0.1) is 5.21 Å². The van der Waals surface area contributed by atoms with Gasteiger partial charge in [0.05, 0.1) is 19.1 Å². The Morgan fingerprint density at radius 1 is 1.42 bits per heavy atom. The summed E-state index contributed by atoms with van der Waals surface area (Å²) in [7, 11) is 4.56. The van der Waals surface area contributed by atoms with E-state index < -0.39 is 0 Å². The molecule has 0 aliphatic carbocycles. The van der Waals surface area contributed by atoms with E-state index >= 15 is 0 Å². The maximum absolute atomic E-state index is 10.6. The summed E-state index contributed by atoms with van der Waals surface area (Å²) in [6.45, 7) is -0.00321. The Kier molecular flexibility index (Phi) is 6.02. The van der Waals surface area contributed by atoms with E-state index in [-0.39, 0.29) is 18.6 Å². The number of rotatable bonds is 6. The molecule has 72 valence electrons. The standard InChI is InChI=1S/C5H13N3O4/c1-7(2)8(9)6-12-5-11-4-10-3/h4-5H2,1-3H3. The summed E-state index contributed by atoms with van der Waals surface area (Å²) in [5.41, 5.74) is 0. The van der Waals surface area contributed by atoms with Crippen molar-refractivity contribution >= 4 is 0 Å². The highest BCUT2D eigenvalue weighted by molar-refractivity contribution is 4.03. The van der Waals surface area contributed by atoms with Gasteiger partial charge in [-0.15, -0.1) is 0 Å². The summed E-state index contributed by atoms with van der Waals surface area (Å²) >= 11 is 0. The molecule has 0 radical (unpaired) electrons. The molecule has 0 aliphatic rings. The minimum Gasteiger partial charge on any atom is -0.569 e. The summed E-state index contributed by atoms with van der Waals surface area (Å²) in [6.07, 6.45) is 0. The lowest BCUT2D eigenvalue weighted by Crippen LogP contribution is -2.21.